The fraction of sp³-hybridized carbons (Fsp3) is 0.615. The SMILES string of the molecule is CCNC(=O)C(=O)[C@H](Cc1ccc(Br)cc1)NC(=O)[C@@H](NC(=O)CCCCC1CCS[S+]1[O-])C(C)CC. The van der Waals surface area contributed by atoms with Gasteiger partial charge in [-0.3, -0.25) is 19.2 Å². The van der Waals surface area contributed by atoms with Gasteiger partial charge in [-0.2, -0.15) is 0 Å². The molecule has 0 bridgehead atoms. The van der Waals surface area contributed by atoms with Crippen molar-refractivity contribution in [2.75, 3.05) is 12.3 Å². The number of carbonyl (C=O) groups excluding carboxylic acids is 4. The Morgan fingerprint density at radius 1 is 1.14 bits per heavy atom. The Balaban J connectivity index is 2.02. The number of unbranched alkanes of at least 4 members (excludes halogenated alkanes) is 1. The van der Waals surface area contributed by atoms with E-state index in [2.05, 4.69) is 31.9 Å². The molecule has 3 unspecified atom stereocenters. The van der Waals surface area contributed by atoms with Crippen LogP contribution in [0, 0.1) is 5.92 Å². The average molecular weight is 617 g/mol. The summed E-state index contributed by atoms with van der Waals surface area (Å²) in [6, 6.07) is 5.41. The van der Waals surface area contributed by atoms with Crippen LogP contribution in [-0.4, -0.2) is 57.7 Å². The highest BCUT2D eigenvalue weighted by molar-refractivity contribution is 9.10. The molecule has 1 aromatic carbocycles. The minimum atomic E-state index is -1.06. The van der Waals surface area contributed by atoms with E-state index in [1.54, 1.807) is 6.92 Å². The third-order valence-corrected chi connectivity index (χ3v) is 10.6. The van der Waals surface area contributed by atoms with Crippen LogP contribution in [0.1, 0.15) is 64.9 Å². The maximum absolute atomic E-state index is 13.3. The highest BCUT2D eigenvalue weighted by atomic mass is 79.9. The van der Waals surface area contributed by atoms with Gasteiger partial charge >= 0.3 is 0 Å². The lowest BCUT2D eigenvalue weighted by Gasteiger charge is -2.26. The Morgan fingerprint density at radius 3 is 2.43 bits per heavy atom. The fourth-order valence-corrected chi connectivity index (χ4v) is 7.79. The average Bonchev–Trinajstić information content (AvgIpc) is 3.29. The van der Waals surface area contributed by atoms with Gasteiger partial charge in [0.15, 0.2) is 0 Å². The predicted octanol–water partition coefficient (Wildman–Crippen LogP) is 3.44. The molecule has 37 heavy (non-hydrogen) atoms. The molecule has 11 heteroatoms. The first-order valence-corrected chi connectivity index (χ1v) is 16.4. The minimum Gasteiger partial charge on any atom is -0.605 e. The van der Waals surface area contributed by atoms with Gasteiger partial charge in [0.2, 0.25) is 17.6 Å². The van der Waals surface area contributed by atoms with Gasteiger partial charge in [0.05, 0.1) is 10.8 Å². The smallest absolute Gasteiger partial charge is 0.289 e. The van der Waals surface area contributed by atoms with E-state index in [-0.39, 0.29) is 29.9 Å². The highest BCUT2D eigenvalue weighted by Crippen LogP contribution is 2.33. The lowest BCUT2D eigenvalue weighted by atomic mass is 9.96. The van der Waals surface area contributed by atoms with Gasteiger partial charge in [0.25, 0.3) is 5.91 Å². The van der Waals surface area contributed by atoms with Crippen LogP contribution < -0.4 is 16.0 Å². The standard InChI is InChI=1S/C26H38BrN3O5S2/c1-4-17(3)23(30-22(31)9-7-6-8-20-14-15-36-37(20)35)25(33)29-21(24(32)26(34)28-5-2)16-18-10-12-19(27)13-11-18/h10-13,17,20-21,23H,4-9,14-16H2,1-3H3,(H,28,34)(H,29,33)(H,30,31)/t17?,20?,21-,23-,37?/m0/s1. The van der Waals surface area contributed by atoms with E-state index < -0.39 is 39.9 Å². The molecule has 0 aromatic heterocycles. The quantitative estimate of drug-likeness (QED) is 0.120. The molecular weight excluding hydrogens is 578 g/mol. The topological polar surface area (TPSA) is 127 Å². The second-order valence-electron chi connectivity index (χ2n) is 9.29. The van der Waals surface area contributed by atoms with Gasteiger partial charge in [-0.25, -0.2) is 0 Å². The molecule has 1 aliphatic heterocycles. The zero-order chi connectivity index (χ0) is 27.4. The zero-order valence-corrected chi connectivity index (χ0v) is 24.9. The Labute approximate surface area is 235 Å². The molecule has 0 radical (unpaired) electrons. The van der Waals surface area contributed by atoms with Crippen molar-refractivity contribution in [2.45, 2.75) is 83.1 Å². The maximum atomic E-state index is 13.3. The molecular formula is C26H38BrN3O5S2. The van der Waals surface area contributed by atoms with Crippen LogP contribution in [0.15, 0.2) is 28.7 Å². The number of hydrogen-bond acceptors (Lipinski definition) is 6. The molecule has 206 valence electrons. The highest BCUT2D eigenvalue weighted by Gasteiger charge is 2.33. The van der Waals surface area contributed by atoms with Crippen molar-refractivity contribution >= 4 is 60.4 Å². The summed E-state index contributed by atoms with van der Waals surface area (Å²) in [5, 5.41) is 8.29. The summed E-state index contributed by atoms with van der Waals surface area (Å²) in [4.78, 5) is 51.2. The molecule has 3 amide bonds. The number of amides is 3. The zero-order valence-electron chi connectivity index (χ0n) is 21.7. The maximum Gasteiger partial charge on any atom is 0.289 e. The van der Waals surface area contributed by atoms with Crippen LogP contribution in [0.25, 0.3) is 0 Å². The molecule has 1 aliphatic rings. The van der Waals surface area contributed by atoms with Crippen molar-refractivity contribution in [3.05, 3.63) is 34.3 Å². The number of carbonyl (C=O) groups is 4. The summed E-state index contributed by atoms with van der Waals surface area (Å²) < 4.78 is 12.8. The molecule has 0 spiro atoms. The third kappa shape index (κ3) is 10.6. The Kier molecular flexibility index (Phi) is 14.0. The summed E-state index contributed by atoms with van der Waals surface area (Å²) in [6.45, 7) is 5.81. The molecule has 1 fully saturated rings. The molecule has 2 rings (SSSR count). The summed E-state index contributed by atoms with van der Waals surface area (Å²) in [5.74, 6) is -1.45. The Hall–Kier alpha value is -1.56. The largest absolute Gasteiger partial charge is 0.605 e. The number of benzene rings is 1. The number of hydrogen-bond donors (Lipinski definition) is 3. The third-order valence-electron chi connectivity index (χ3n) is 6.45. The number of likely N-dealkylation sites (N-methyl/N-ethyl adjacent to an activating group) is 1. The van der Waals surface area contributed by atoms with Crippen molar-refractivity contribution in [1.29, 1.82) is 0 Å². The number of ketones is 1. The van der Waals surface area contributed by atoms with Crippen LogP contribution in [-0.2, 0) is 35.8 Å². The lowest BCUT2D eigenvalue weighted by Crippen LogP contribution is -2.56. The minimum absolute atomic E-state index is 0.150. The first-order valence-electron chi connectivity index (χ1n) is 12.9. The molecule has 3 N–H and O–H groups in total. The molecule has 0 aliphatic carbocycles. The van der Waals surface area contributed by atoms with Crippen molar-refractivity contribution in [2.24, 2.45) is 5.92 Å². The molecule has 5 atom stereocenters. The second kappa shape index (κ2) is 16.4. The van der Waals surface area contributed by atoms with Gasteiger partial charge in [-0.05, 0) is 49.8 Å². The van der Waals surface area contributed by atoms with Crippen molar-refractivity contribution in [3.8, 4) is 0 Å². The van der Waals surface area contributed by atoms with Crippen LogP contribution in [0.3, 0.4) is 0 Å². The van der Waals surface area contributed by atoms with Crippen LogP contribution in [0.2, 0.25) is 0 Å². The van der Waals surface area contributed by atoms with Gasteiger partial charge in [-0.15, -0.1) is 0 Å². The first kappa shape index (κ1) is 31.7. The van der Waals surface area contributed by atoms with Gasteiger partial charge in [-0.1, -0.05) is 48.3 Å². The van der Waals surface area contributed by atoms with E-state index in [0.29, 0.717) is 19.4 Å². The van der Waals surface area contributed by atoms with E-state index in [4.69, 9.17) is 0 Å². The molecule has 0 saturated carbocycles. The summed E-state index contributed by atoms with van der Waals surface area (Å²) >= 11 is 3.38. The van der Waals surface area contributed by atoms with Gasteiger partial charge < -0.3 is 20.5 Å². The van der Waals surface area contributed by atoms with E-state index in [9.17, 15) is 23.7 Å². The lowest BCUT2D eigenvalue weighted by molar-refractivity contribution is -0.140. The first-order chi connectivity index (χ1) is 17.7. The normalized spacial score (nSPS) is 19.5. The number of Topliss-reactive ketones (excluding diaryl/α,β-unsaturated/α-hetero) is 1. The van der Waals surface area contributed by atoms with Crippen molar-refractivity contribution in [3.63, 3.8) is 0 Å². The van der Waals surface area contributed by atoms with E-state index >= 15 is 0 Å². The van der Waals surface area contributed by atoms with E-state index in [1.807, 2.05) is 38.1 Å². The molecule has 1 heterocycles. The van der Waals surface area contributed by atoms with E-state index in [1.165, 1.54) is 10.8 Å². The Morgan fingerprint density at radius 2 is 1.84 bits per heavy atom. The summed E-state index contributed by atoms with van der Waals surface area (Å²) in [6.07, 6.45) is 4.31. The molecule has 8 nitrogen and oxygen atoms in total. The number of rotatable bonds is 15. The van der Waals surface area contributed by atoms with Gasteiger partial charge in [0.1, 0.15) is 17.3 Å². The summed E-state index contributed by atoms with van der Waals surface area (Å²) in [7, 11) is 0.673. The van der Waals surface area contributed by atoms with Crippen LogP contribution in [0.5, 0.6) is 0 Å². The van der Waals surface area contributed by atoms with E-state index in [0.717, 1.165) is 35.1 Å². The number of nitrogens with one attached hydrogen (secondary N) is 3. The molecule has 1 aromatic rings. The van der Waals surface area contributed by atoms with Crippen molar-refractivity contribution in [1.82, 2.24) is 16.0 Å². The van der Waals surface area contributed by atoms with Gasteiger partial charge in [0, 0.05) is 46.2 Å². The Bertz CT molecular complexity index is 918. The second-order valence-corrected chi connectivity index (χ2v) is 13.7. The van der Waals surface area contributed by atoms with Crippen molar-refractivity contribution < 1.29 is 23.7 Å². The monoisotopic (exact) mass is 615 g/mol. The number of halogens is 1. The van der Waals surface area contributed by atoms with Crippen LogP contribution in [0.4, 0.5) is 0 Å². The molecule has 1 saturated heterocycles. The van der Waals surface area contributed by atoms with Crippen LogP contribution >= 0.6 is 26.7 Å². The predicted molar refractivity (Wildman–Crippen MR) is 152 cm³/mol. The fourth-order valence-electron chi connectivity index (χ4n) is 4.03. The summed E-state index contributed by atoms with van der Waals surface area (Å²) in [5.41, 5.74) is 0.789.